The van der Waals surface area contributed by atoms with E-state index >= 15 is 0 Å². The highest BCUT2D eigenvalue weighted by Gasteiger charge is 2.21. The molecule has 2 N–H and O–H groups in total. The van der Waals surface area contributed by atoms with Gasteiger partial charge in [0.05, 0.1) is 18.2 Å². The molecule has 2 atom stereocenters. The van der Waals surface area contributed by atoms with Gasteiger partial charge in [-0.2, -0.15) is 0 Å². The standard InChI is InChI=1S/C15H25NO2/c1-5-13(17-6-2)15(16)12-9-7-8-10-14(12)18-11(3)4/h7-11,13,15H,5-6,16H2,1-4H3. The minimum absolute atomic E-state index is 0.0342. The van der Waals surface area contributed by atoms with Gasteiger partial charge in [0.1, 0.15) is 5.75 Å². The predicted molar refractivity (Wildman–Crippen MR) is 74.8 cm³/mol. The van der Waals surface area contributed by atoms with Gasteiger partial charge in [-0.3, -0.25) is 0 Å². The van der Waals surface area contributed by atoms with Crippen LogP contribution in [0.15, 0.2) is 24.3 Å². The van der Waals surface area contributed by atoms with Crippen molar-refractivity contribution in [3.8, 4) is 5.75 Å². The van der Waals surface area contributed by atoms with E-state index in [-0.39, 0.29) is 18.2 Å². The molecule has 0 amide bonds. The van der Waals surface area contributed by atoms with Crippen LogP contribution < -0.4 is 10.5 Å². The molecule has 3 nitrogen and oxygen atoms in total. The summed E-state index contributed by atoms with van der Waals surface area (Å²) in [5, 5.41) is 0. The van der Waals surface area contributed by atoms with Crippen molar-refractivity contribution in [2.75, 3.05) is 6.61 Å². The molecule has 2 unspecified atom stereocenters. The van der Waals surface area contributed by atoms with E-state index in [4.69, 9.17) is 15.2 Å². The van der Waals surface area contributed by atoms with Crippen molar-refractivity contribution < 1.29 is 9.47 Å². The van der Waals surface area contributed by atoms with Crippen LogP contribution in [0.1, 0.15) is 45.7 Å². The van der Waals surface area contributed by atoms with E-state index in [9.17, 15) is 0 Å². The van der Waals surface area contributed by atoms with Gasteiger partial charge in [0.25, 0.3) is 0 Å². The first-order chi connectivity index (χ1) is 8.60. The Labute approximate surface area is 110 Å². The summed E-state index contributed by atoms with van der Waals surface area (Å²) in [4.78, 5) is 0. The molecule has 1 aromatic rings. The molecule has 1 rings (SSSR count). The zero-order valence-electron chi connectivity index (χ0n) is 11.8. The van der Waals surface area contributed by atoms with Gasteiger partial charge in [0.15, 0.2) is 0 Å². The van der Waals surface area contributed by atoms with Gasteiger partial charge in [0, 0.05) is 12.2 Å². The van der Waals surface area contributed by atoms with Gasteiger partial charge in [-0.15, -0.1) is 0 Å². The molecule has 0 radical (unpaired) electrons. The molecule has 0 saturated carbocycles. The third-order valence-electron chi connectivity index (χ3n) is 2.82. The summed E-state index contributed by atoms with van der Waals surface area (Å²) in [5.74, 6) is 0.859. The third-order valence-corrected chi connectivity index (χ3v) is 2.82. The van der Waals surface area contributed by atoms with Crippen LogP contribution in [0, 0.1) is 0 Å². The summed E-state index contributed by atoms with van der Waals surface area (Å²) in [7, 11) is 0. The van der Waals surface area contributed by atoms with Crippen LogP contribution in [0.2, 0.25) is 0 Å². The van der Waals surface area contributed by atoms with E-state index < -0.39 is 0 Å². The minimum Gasteiger partial charge on any atom is -0.491 e. The van der Waals surface area contributed by atoms with E-state index in [2.05, 4.69) is 6.92 Å². The normalized spacial score (nSPS) is 14.6. The average Bonchev–Trinajstić information content (AvgIpc) is 2.35. The van der Waals surface area contributed by atoms with Crippen LogP contribution in [0.5, 0.6) is 5.75 Å². The molecule has 0 saturated heterocycles. The second kappa shape index (κ2) is 7.39. The number of benzene rings is 1. The van der Waals surface area contributed by atoms with E-state index in [0.717, 1.165) is 17.7 Å². The minimum atomic E-state index is -0.148. The molecule has 0 aromatic heterocycles. The summed E-state index contributed by atoms with van der Waals surface area (Å²) < 4.78 is 11.5. The van der Waals surface area contributed by atoms with E-state index in [1.54, 1.807) is 0 Å². The second-order valence-corrected chi connectivity index (χ2v) is 4.63. The van der Waals surface area contributed by atoms with Crippen molar-refractivity contribution in [2.45, 2.75) is 52.4 Å². The zero-order valence-corrected chi connectivity index (χ0v) is 11.8. The van der Waals surface area contributed by atoms with E-state index in [0.29, 0.717) is 6.61 Å². The Bertz CT molecular complexity index is 352. The van der Waals surface area contributed by atoms with Gasteiger partial charge < -0.3 is 15.2 Å². The van der Waals surface area contributed by atoms with E-state index in [1.165, 1.54) is 0 Å². The molecule has 0 aliphatic carbocycles. The molecule has 0 spiro atoms. The first kappa shape index (κ1) is 15.0. The van der Waals surface area contributed by atoms with Crippen LogP contribution in [0.3, 0.4) is 0 Å². The monoisotopic (exact) mass is 251 g/mol. The highest BCUT2D eigenvalue weighted by atomic mass is 16.5. The number of ether oxygens (including phenoxy) is 2. The number of hydrogen-bond donors (Lipinski definition) is 1. The van der Waals surface area contributed by atoms with Crippen LogP contribution >= 0.6 is 0 Å². The summed E-state index contributed by atoms with van der Waals surface area (Å²) in [6, 6.07) is 7.79. The fourth-order valence-corrected chi connectivity index (χ4v) is 2.01. The first-order valence-electron chi connectivity index (χ1n) is 6.72. The molecule has 0 heterocycles. The summed E-state index contributed by atoms with van der Waals surface area (Å²) in [6.45, 7) is 8.79. The van der Waals surface area contributed by atoms with Crippen molar-refractivity contribution in [3.05, 3.63) is 29.8 Å². The maximum Gasteiger partial charge on any atom is 0.124 e. The lowest BCUT2D eigenvalue weighted by molar-refractivity contribution is 0.0404. The predicted octanol–water partition coefficient (Wildman–Crippen LogP) is 3.29. The summed E-state index contributed by atoms with van der Waals surface area (Å²) >= 11 is 0. The van der Waals surface area contributed by atoms with Crippen LogP contribution in [0.4, 0.5) is 0 Å². The lowest BCUT2D eigenvalue weighted by Gasteiger charge is -2.25. The van der Waals surface area contributed by atoms with E-state index in [1.807, 2.05) is 45.0 Å². The Morgan fingerprint density at radius 2 is 1.83 bits per heavy atom. The fourth-order valence-electron chi connectivity index (χ4n) is 2.01. The van der Waals surface area contributed by atoms with Crippen molar-refractivity contribution in [3.63, 3.8) is 0 Å². The summed E-state index contributed by atoms with van der Waals surface area (Å²) in [6.07, 6.45) is 1.07. The molecule has 0 aliphatic rings. The Morgan fingerprint density at radius 1 is 1.17 bits per heavy atom. The maximum atomic E-state index is 6.31. The van der Waals surface area contributed by atoms with Crippen molar-refractivity contribution >= 4 is 0 Å². The fraction of sp³-hybridized carbons (Fsp3) is 0.600. The van der Waals surface area contributed by atoms with Crippen molar-refractivity contribution in [2.24, 2.45) is 5.73 Å². The van der Waals surface area contributed by atoms with Crippen molar-refractivity contribution in [1.29, 1.82) is 0 Å². The van der Waals surface area contributed by atoms with Crippen LogP contribution in [-0.4, -0.2) is 18.8 Å². The van der Waals surface area contributed by atoms with Crippen LogP contribution in [-0.2, 0) is 4.74 Å². The molecule has 18 heavy (non-hydrogen) atoms. The third kappa shape index (κ3) is 4.00. The average molecular weight is 251 g/mol. The van der Waals surface area contributed by atoms with Gasteiger partial charge in [-0.1, -0.05) is 25.1 Å². The van der Waals surface area contributed by atoms with Gasteiger partial charge in [-0.05, 0) is 33.3 Å². The summed E-state index contributed by atoms with van der Waals surface area (Å²) in [5.41, 5.74) is 7.33. The SMILES string of the molecule is CCOC(CC)C(N)c1ccccc1OC(C)C. The molecule has 1 aromatic carbocycles. The highest BCUT2D eigenvalue weighted by Crippen LogP contribution is 2.28. The smallest absolute Gasteiger partial charge is 0.124 e. The number of rotatable bonds is 7. The second-order valence-electron chi connectivity index (χ2n) is 4.63. The Morgan fingerprint density at radius 3 is 2.39 bits per heavy atom. The largest absolute Gasteiger partial charge is 0.491 e. The molecule has 3 heteroatoms. The number of nitrogens with two attached hydrogens (primary N) is 1. The molecular formula is C15H25NO2. The Balaban J connectivity index is 2.92. The van der Waals surface area contributed by atoms with Crippen LogP contribution in [0.25, 0.3) is 0 Å². The topological polar surface area (TPSA) is 44.5 Å². The first-order valence-corrected chi connectivity index (χ1v) is 6.72. The molecule has 102 valence electrons. The quantitative estimate of drug-likeness (QED) is 0.808. The lowest BCUT2D eigenvalue weighted by atomic mass is 9.99. The van der Waals surface area contributed by atoms with Gasteiger partial charge in [-0.25, -0.2) is 0 Å². The lowest BCUT2D eigenvalue weighted by Crippen LogP contribution is -2.29. The Kier molecular flexibility index (Phi) is 6.16. The van der Waals surface area contributed by atoms with Crippen molar-refractivity contribution in [1.82, 2.24) is 0 Å². The maximum absolute atomic E-state index is 6.31. The highest BCUT2D eigenvalue weighted by molar-refractivity contribution is 5.36. The van der Waals surface area contributed by atoms with Gasteiger partial charge >= 0.3 is 0 Å². The number of hydrogen-bond acceptors (Lipinski definition) is 3. The molecule has 0 aliphatic heterocycles. The molecule has 0 bridgehead atoms. The Hall–Kier alpha value is -1.06. The van der Waals surface area contributed by atoms with Gasteiger partial charge in [0.2, 0.25) is 0 Å². The molecule has 0 fully saturated rings. The number of para-hydroxylation sites is 1. The zero-order chi connectivity index (χ0) is 13.5. The molecular weight excluding hydrogens is 226 g/mol.